The summed E-state index contributed by atoms with van der Waals surface area (Å²) in [5, 5.41) is 0. The van der Waals surface area contributed by atoms with Crippen LogP contribution in [0.4, 0.5) is 0 Å². The first-order chi connectivity index (χ1) is 9.75. The zero-order chi connectivity index (χ0) is 15.9. The van der Waals surface area contributed by atoms with E-state index < -0.39 is 0 Å². The third kappa shape index (κ3) is 2.79. The van der Waals surface area contributed by atoms with Gasteiger partial charge in [0.25, 0.3) is 0 Å². The van der Waals surface area contributed by atoms with Gasteiger partial charge in [0.05, 0.1) is 6.04 Å². The van der Waals surface area contributed by atoms with Gasteiger partial charge in [0, 0.05) is 4.47 Å². The first-order valence-electron chi connectivity index (χ1n) is 7.34. The molecule has 2 rings (SSSR count). The van der Waals surface area contributed by atoms with Crippen LogP contribution in [-0.2, 0) is 0 Å². The Morgan fingerprint density at radius 3 is 1.76 bits per heavy atom. The van der Waals surface area contributed by atoms with E-state index in [2.05, 4.69) is 75.7 Å². The molecule has 0 amide bonds. The summed E-state index contributed by atoms with van der Waals surface area (Å²) >= 11 is 3.67. The molecule has 0 aliphatic carbocycles. The number of rotatable bonds is 2. The van der Waals surface area contributed by atoms with Gasteiger partial charge in [0.15, 0.2) is 0 Å². The summed E-state index contributed by atoms with van der Waals surface area (Å²) in [4.78, 5) is 0. The molecule has 21 heavy (non-hydrogen) atoms. The maximum absolute atomic E-state index is 6.63. The fourth-order valence-electron chi connectivity index (χ4n) is 3.04. The number of nitrogens with two attached hydrogens (primary N) is 1. The van der Waals surface area contributed by atoms with Crippen LogP contribution in [0.2, 0.25) is 0 Å². The van der Waals surface area contributed by atoms with Crippen molar-refractivity contribution in [1.82, 2.24) is 0 Å². The molecule has 2 N–H and O–H groups in total. The fraction of sp³-hybridized carbons (Fsp3) is 0.368. The summed E-state index contributed by atoms with van der Waals surface area (Å²) < 4.78 is 1.09. The van der Waals surface area contributed by atoms with Crippen molar-refractivity contribution < 1.29 is 0 Å². The fourth-order valence-corrected chi connectivity index (χ4v) is 3.78. The highest BCUT2D eigenvalue weighted by atomic mass is 79.9. The van der Waals surface area contributed by atoms with Crippen molar-refractivity contribution in [2.75, 3.05) is 0 Å². The summed E-state index contributed by atoms with van der Waals surface area (Å²) in [6.45, 7) is 13.0. The van der Waals surface area contributed by atoms with Crippen LogP contribution in [0.5, 0.6) is 0 Å². The quantitative estimate of drug-likeness (QED) is 0.780. The summed E-state index contributed by atoms with van der Waals surface area (Å²) in [5.41, 5.74) is 17.0. The van der Waals surface area contributed by atoms with E-state index in [-0.39, 0.29) is 6.04 Å². The Kier molecular flexibility index (Phi) is 4.60. The highest BCUT2D eigenvalue weighted by Gasteiger charge is 2.20. The lowest BCUT2D eigenvalue weighted by molar-refractivity contribution is 0.837. The van der Waals surface area contributed by atoms with Gasteiger partial charge >= 0.3 is 0 Å². The van der Waals surface area contributed by atoms with E-state index in [0.717, 1.165) is 10.0 Å². The van der Waals surface area contributed by atoms with Gasteiger partial charge in [-0.25, -0.2) is 0 Å². The Bertz CT molecular complexity index is 672. The van der Waals surface area contributed by atoms with E-state index in [0.29, 0.717) is 0 Å². The second-order valence-corrected chi connectivity index (χ2v) is 6.90. The predicted molar refractivity (Wildman–Crippen MR) is 95.0 cm³/mol. The van der Waals surface area contributed by atoms with E-state index in [1.54, 1.807) is 0 Å². The normalized spacial score (nSPS) is 12.6. The Balaban J connectivity index is 2.66. The van der Waals surface area contributed by atoms with Crippen LogP contribution in [0.1, 0.15) is 50.5 Å². The van der Waals surface area contributed by atoms with E-state index in [9.17, 15) is 0 Å². The van der Waals surface area contributed by atoms with E-state index >= 15 is 0 Å². The molecular formula is C19H24BrN. The standard InChI is InChI=1S/C19H24BrN/c1-10-7-8-16(17(20)9-10)19(21)18-14(5)12(3)11(2)13(4)15(18)6/h7-9,19H,21H2,1-6H3. The molecule has 0 radical (unpaired) electrons. The van der Waals surface area contributed by atoms with Crippen LogP contribution in [-0.4, -0.2) is 0 Å². The van der Waals surface area contributed by atoms with Crippen molar-refractivity contribution in [2.24, 2.45) is 5.73 Å². The van der Waals surface area contributed by atoms with Gasteiger partial charge in [-0.05, 0) is 92.1 Å². The minimum absolute atomic E-state index is 0.0991. The van der Waals surface area contributed by atoms with Gasteiger partial charge in [0.1, 0.15) is 0 Å². The summed E-state index contributed by atoms with van der Waals surface area (Å²) in [7, 11) is 0. The van der Waals surface area contributed by atoms with Gasteiger partial charge in [-0.1, -0.05) is 28.1 Å². The molecule has 0 aromatic heterocycles. The van der Waals surface area contributed by atoms with Crippen LogP contribution in [0.25, 0.3) is 0 Å². The summed E-state index contributed by atoms with van der Waals surface area (Å²) in [5.74, 6) is 0. The molecule has 2 aromatic rings. The van der Waals surface area contributed by atoms with Crippen molar-refractivity contribution in [1.29, 1.82) is 0 Å². The smallest absolute Gasteiger partial charge is 0.0568 e. The lowest BCUT2D eigenvalue weighted by atomic mass is 9.84. The van der Waals surface area contributed by atoms with Crippen LogP contribution in [0.15, 0.2) is 22.7 Å². The molecule has 0 fully saturated rings. The molecule has 0 aliphatic heterocycles. The molecule has 1 nitrogen and oxygen atoms in total. The molecule has 2 aromatic carbocycles. The summed E-state index contributed by atoms with van der Waals surface area (Å²) in [6.07, 6.45) is 0. The lowest BCUT2D eigenvalue weighted by Gasteiger charge is -2.24. The first-order valence-corrected chi connectivity index (χ1v) is 8.13. The zero-order valence-electron chi connectivity index (χ0n) is 13.8. The van der Waals surface area contributed by atoms with Gasteiger partial charge in [-0.2, -0.15) is 0 Å². The second kappa shape index (κ2) is 5.94. The van der Waals surface area contributed by atoms with Crippen molar-refractivity contribution in [2.45, 2.75) is 47.6 Å². The minimum Gasteiger partial charge on any atom is -0.320 e. The topological polar surface area (TPSA) is 26.0 Å². The van der Waals surface area contributed by atoms with Crippen LogP contribution < -0.4 is 5.73 Å². The molecule has 0 heterocycles. The number of aryl methyl sites for hydroxylation is 1. The van der Waals surface area contributed by atoms with Crippen LogP contribution in [0, 0.1) is 41.5 Å². The number of halogens is 1. The van der Waals surface area contributed by atoms with Gasteiger partial charge in [-0.3, -0.25) is 0 Å². The molecule has 0 saturated heterocycles. The highest BCUT2D eigenvalue weighted by molar-refractivity contribution is 9.10. The number of hydrogen-bond acceptors (Lipinski definition) is 1. The molecule has 0 spiro atoms. The number of benzene rings is 2. The summed E-state index contributed by atoms with van der Waals surface area (Å²) in [6, 6.07) is 6.29. The number of hydrogen-bond donors (Lipinski definition) is 1. The Morgan fingerprint density at radius 2 is 1.29 bits per heavy atom. The monoisotopic (exact) mass is 345 g/mol. The molecule has 112 valence electrons. The lowest BCUT2D eigenvalue weighted by Crippen LogP contribution is -2.17. The average molecular weight is 346 g/mol. The highest BCUT2D eigenvalue weighted by Crippen LogP contribution is 2.35. The molecule has 0 saturated carbocycles. The third-order valence-corrected chi connectivity index (χ3v) is 5.55. The van der Waals surface area contributed by atoms with E-state index in [4.69, 9.17) is 5.73 Å². The largest absolute Gasteiger partial charge is 0.320 e. The molecule has 2 heteroatoms. The minimum atomic E-state index is -0.0991. The molecule has 0 aliphatic rings. The first kappa shape index (κ1) is 16.3. The third-order valence-electron chi connectivity index (χ3n) is 4.86. The van der Waals surface area contributed by atoms with Gasteiger partial charge in [0.2, 0.25) is 0 Å². The van der Waals surface area contributed by atoms with Crippen LogP contribution in [0.3, 0.4) is 0 Å². The Labute approximate surface area is 136 Å². The molecule has 0 bridgehead atoms. The van der Waals surface area contributed by atoms with Crippen molar-refractivity contribution in [3.8, 4) is 0 Å². The van der Waals surface area contributed by atoms with E-state index in [1.807, 2.05) is 0 Å². The van der Waals surface area contributed by atoms with E-state index in [1.165, 1.54) is 38.9 Å². The molecule has 1 unspecified atom stereocenters. The van der Waals surface area contributed by atoms with Gasteiger partial charge < -0.3 is 5.73 Å². The predicted octanol–water partition coefficient (Wildman–Crippen LogP) is 5.35. The van der Waals surface area contributed by atoms with Crippen LogP contribution >= 0.6 is 15.9 Å². The molecule has 1 atom stereocenters. The van der Waals surface area contributed by atoms with Crippen molar-refractivity contribution >= 4 is 15.9 Å². The zero-order valence-corrected chi connectivity index (χ0v) is 15.4. The van der Waals surface area contributed by atoms with Crippen molar-refractivity contribution in [3.05, 3.63) is 67.2 Å². The Morgan fingerprint density at radius 1 is 0.810 bits per heavy atom. The molecular weight excluding hydrogens is 322 g/mol. The van der Waals surface area contributed by atoms with Gasteiger partial charge in [-0.15, -0.1) is 0 Å². The Hall–Kier alpha value is -1.12. The second-order valence-electron chi connectivity index (χ2n) is 6.04. The average Bonchev–Trinajstić information content (AvgIpc) is 2.43. The maximum Gasteiger partial charge on any atom is 0.0568 e. The SMILES string of the molecule is Cc1ccc(C(N)c2c(C)c(C)c(C)c(C)c2C)c(Br)c1. The maximum atomic E-state index is 6.63. The van der Waals surface area contributed by atoms with Crippen molar-refractivity contribution in [3.63, 3.8) is 0 Å².